The second kappa shape index (κ2) is 7.89. The highest BCUT2D eigenvalue weighted by molar-refractivity contribution is 6.06. The molecule has 2 heterocycles. The lowest BCUT2D eigenvalue weighted by atomic mass is 10.2. The van der Waals surface area contributed by atoms with Crippen LogP contribution in [0.25, 0.3) is 0 Å². The van der Waals surface area contributed by atoms with Crippen molar-refractivity contribution in [1.29, 1.82) is 0 Å². The Morgan fingerprint density at radius 3 is 2.58 bits per heavy atom. The average molecular weight is 349 g/mol. The Morgan fingerprint density at radius 2 is 1.81 bits per heavy atom. The maximum Gasteiger partial charge on any atom is 0.356 e. The van der Waals surface area contributed by atoms with Crippen molar-refractivity contribution in [2.45, 2.75) is 6.61 Å². The number of benzene rings is 1. The van der Waals surface area contributed by atoms with Gasteiger partial charge in [-0.25, -0.2) is 9.78 Å². The van der Waals surface area contributed by atoms with Crippen LogP contribution in [0, 0.1) is 0 Å². The van der Waals surface area contributed by atoms with E-state index in [1.165, 1.54) is 30.6 Å². The van der Waals surface area contributed by atoms with Crippen LogP contribution in [-0.2, 0) is 6.61 Å². The fraction of sp³-hybridized carbons (Fsp3) is 0.0526. The van der Waals surface area contributed by atoms with Crippen molar-refractivity contribution in [2.24, 2.45) is 0 Å². The summed E-state index contributed by atoms with van der Waals surface area (Å²) in [6.45, 7) is 0.359. The molecule has 26 heavy (non-hydrogen) atoms. The normalized spacial score (nSPS) is 10.2. The van der Waals surface area contributed by atoms with Gasteiger partial charge in [-0.2, -0.15) is 0 Å². The number of carboxylic acid groups (broad SMARTS) is 1. The molecule has 0 saturated heterocycles. The fourth-order valence-corrected chi connectivity index (χ4v) is 2.23. The molecule has 0 saturated carbocycles. The molecule has 7 nitrogen and oxygen atoms in total. The summed E-state index contributed by atoms with van der Waals surface area (Å²) in [5.74, 6) is -1.29. The topological polar surface area (TPSA) is 101 Å². The lowest BCUT2D eigenvalue weighted by Gasteiger charge is -2.09. The molecule has 0 spiro atoms. The number of hydrogen-bond donors (Lipinski definition) is 2. The minimum Gasteiger partial charge on any atom is -0.489 e. The fourth-order valence-electron chi connectivity index (χ4n) is 2.23. The smallest absolute Gasteiger partial charge is 0.356 e. The highest BCUT2D eigenvalue weighted by atomic mass is 16.5. The lowest BCUT2D eigenvalue weighted by Crippen LogP contribution is -2.17. The van der Waals surface area contributed by atoms with Gasteiger partial charge in [0, 0.05) is 18.5 Å². The van der Waals surface area contributed by atoms with E-state index in [2.05, 4.69) is 15.3 Å². The summed E-state index contributed by atoms with van der Waals surface area (Å²) in [5, 5.41) is 11.6. The zero-order chi connectivity index (χ0) is 18.4. The van der Waals surface area contributed by atoms with E-state index in [1.807, 2.05) is 30.3 Å². The summed E-state index contributed by atoms with van der Waals surface area (Å²) in [6.07, 6.45) is 2.80. The molecule has 130 valence electrons. The van der Waals surface area contributed by atoms with E-state index < -0.39 is 11.9 Å². The minimum atomic E-state index is -1.23. The van der Waals surface area contributed by atoms with E-state index in [9.17, 15) is 9.59 Å². The molecule has 0 bridgehead atoms. The van der Waals surface area contributed by atoms with E-state index in [0.29, 0.717) is 12.4 Å². The number of amides is 1. The van der Waals surface area contributed by atoms with Crippen LogP contribution in [0.15, 0.2) is 67.0 Å². The zero-order valence-electron chi connectivity index (χ0n) is 13.6. The van der Waals surface area contributed by atoms with Crippen molar-refractivity contribution in [1.82, 2.24) is 9.97 Å². The Hall–Kier alpha value is -3.74. The summed E-state index contributed by atoms with van der Waals surface area (Å²) in [7, 11) is 0. The molecular formula is C19H15N3O4. The third-order valence-electron chi connectivity index (χ3n) is 3.47. The maximum absolute atomic E-state index is 12.4. The molecule has 0 atom stereocenters. The molecule has 0 aliphatic carbocycles. The molecule has 1 aromatic carbocycles. The number of ether oxygens (including phenoxy) is 1. The first kappa shape index (κ1) is 17.1. The van der Waals surface area contributed by atoms with Crippen molar-refractivity contribution in [3.63, 3.8) is 0 Å². The van der Waals surface area contributed by atoms with Crippen molar-refractivity contribution in [3.05, 3.63) is 83.9 Å². The van der Waals surface area contributed by atoms with E-state index in [4.69, 9.17) is 9.84 Å². The molecule has 2 aromatic heterocycles. The van der Waals surface area contributed by atoms with Crippen molar-refractivity contribution in [3.8, 4) is 5.75 Å². The summed E-state index contributed by atoms with van der Waals surface area (Å²) in [4.78, 5) is 31.3. The van der Waals surface area contributed by atoms with Gasteiger partial charge in [0.2, 0.25) is 0 Å². The van der Waals surface area contributed by atoms with Gasteiger partial charge in [-0.15, -0.1) is 0 Å². The summed E-state index contributed by atoms with van der Waals surface area (Å²) < 4.78 is 5.67. The first-order valence-electron chi connectivity index (χ1n) is 7.76. The summed E-state index contributed by atoms with van der Waals surface area (Å²) in [6, 6.07) is 15.8. The molecule has 7 heteroatoms. The molecule has 0 aliphatic heterocycles. The van der Waals surface area contributed by atoms with Gasteiger partial charge < -0.3 is 15.2 Å². The van der Waals surface area contributed by atoms with Gasteiger partial charge in [0.25, 0.3) is 5.91 Å². The average Bonchev–Trinajstić information content (AvgIpc) is 2.67. The van der Waals surface area contributed by atoms with Crippen molar-refractivity contribution < 1.29 is 19.4 Å². The maximum atomic E-state index is 12.4. The van der Waals surface area contributed by atoms with Gasteiger partial charge in [-0.05, 0) is 23.8 Å². The van der Waals surface area contributed by atoms with Gasteiger partial charge in [-0.1, -0.05) is 30.3 Å². The molecule has 2 N–H and O–H groups in total. The number of pyridine rings is 2. The zero-order valence-corrected chi connectivity index (χ0v) is 13.6. The number of carboxylic acids is 1. The van der Waals surface area contributed by atoms with Gasteiger partial charge in [0.1, 0.15) is 18.1 Å². The van der Waals surface area contributed by atoms with Gasteiger partial charge >= 0.3 is 5.97 Å². The van der Waals surface area contributed by atoms with Crippen LogP contribution in [0.1, 0.15) is 26.5 Å². The number of carbonyl (C=O) groups excluding carboxylic acids is 1. The first-order chi connectivity index (χ1) is 12.6. The highest BCUT2D eigenvalue weighted by Gasteiger charge is 2.15. The molecular weight excluding hydrogens is 334 g/mol. The molecule has 0 aliphatic rings. The van der Waals surface area contributed by atoms with Crippen LogP contribution in [-0.4, -0.2) is 27.0 Å². The van der Waals surface area contributed by atoms with Crippen LogP contribution in [0.5, 0.6) is 5.75 Å². The van der Waals surface area contributed by atoms with E-state index in [1.54, 1.807) is 6.07 Å². The van der Waals surface area contributed by atoms with Crippen LogP contribution in [0.4, 0.5) is 5.69 Å². The van der Waals surface area contributed by atoms with Crippen LogP contribution in [0.3, 0.4) is 0 Å². The summed E-state index contributed by atoms with van der Waals surface area (Å²) >= 11 is 0. The Kier molecular flexibility index (Phi) is 5.19. The highest BCUT2D eigenvalue weighted by Crippen LogP contribution is 2.16. The Bertz CT molecular complexity index is 929. The Labute approximate surface area is 149 Å². The Morgan fingerprint density at radius 1 is 1.00 bits per heavy atom. The number of hydrogen-bond acceptors (Lipinski definition) is 5. The van der Waals surface area contributed by atoms with Gasteiger partial charge in [-0.3, -0.25) is 9.78 Å². The number of carbonyl (C=O) groups is 2. The largest absolute Gasteiger partial charge is 0.489 e. The third-order valence-corrected chi connectivity index (χ3v) is 3.47. The third kappa shape index (κ3) is 4.21. The molecule has 3 rings (SSSR count). The molecule has 0 radical (unpaired) electrons. The van der Waals surface area contributed by atoms with Crippen LogP contribution < -0.4 is 10.1 Å². The lowest BCUT2D eigenvalue weighted by molar-refractivity contribution is 0.0691. The quantitative estimate of drug-likeness (QED) is 0.709. The summed E-state index contributed by atoms with van der Waals surface area (Å²) in [5.41, 5.74) is 0.965. The van der Waals surface area contributed by atoms with E-state index in [0.717, 1.165) is 5.56 Å². The minimum absolute atomic E-state index is 0.0995. The number of anilines is 1. The SMILES string of the molecule is O=C(Nc1cccnc1C(=O)O)c1cc(OCc2ccccc2)ccn1. The number of nitrogens with one attached hydrogen (secondary N) is 1. The molecule has 3 aromatic rings. The monoisotopic (exact) mass is 349 g/mol. The standard InChI is InChI=1S/C19H15N3O4/c23-18(22-15-7-4-9-21-17(15)19(24)25)16-11-14(8-10-20-16)26-12-13-5-2-1-3-6-13/h1-11H,12H2,(H,22,23)(H,24,25). The Balaban J connectivity index is 1.71. The first-order valence-corrected chi connectivity index (χ1v) is 7.76. The van der Waals surface area contributed by atoms with Gasteiger partial charge in [0.05, 0.1) is 5.69 Å². The van der Waals surface area contributed by atoms with Crippen LogP contribution >= 0.6 is 0 Å². The van der Waals surface area contributed by atoms with Crippen molar-refractivity contribution >= 4 is 17.6 Å². The van der Waals surface area contributed by atoms with E-state index in [-0.39, 0.29) is 17.1 Å². The number of nitrogens with zero attached hydrogens (tertiary/aromatic N) is 2. The number of aromatic nitrogens is 2. The van der Waals surface area contributed by atoms with Gasteiger partial charge in [0.15, 0.2) is 5.69 Å². The second-order valence-electron chi connectivity index (χ2n) is 5.31. The number of aromatic carboxylic acids is 1. The second-order valence-corrected chi connectivity index (χ2v) is 5.31. The molecule has 1 amide bonds. The molecule has 0 unspecified atom stereocenters. The van der Waals surface area contributed by atoms with Crippen LogP contribution in [0.2, 0.25) is 0 Å². The van der Waals surface area contributed by atoms with E-state index >= 15 is 0 Å². The molecule has 0 fully saturated rings. The predicted octanol–water partition coefficient (Wildman–Crippen LogP) is 3.01. The predicted molar refractivity (Wildman–Crippen MR) is 94.2 cm³/mol. The number of rotatable bonds is 6. The van der Waals surface area contributed by atoms with Crippen molar-refractivity contribution in [2.75, 3.05) is 5.32 Å².